The molecule has 0 saturated heterocycles. The molecule has 7 nitrogen and oxygen atoms in total. The van der Waals surface area contributed by atoms with Crippen molar-refractivity contribution in [2.45, 2.75) is 23.9 Å². The van der Waals surface area contributed by atoms with E-state index in [4.69, 9.17) is 5.10 Å². The first-order valence-corrected chi connectivity index (χ1v) is 11.8. The Morgan fingerprint density at radius 1 is 1.06 bits per heavy atom. The number of thioether (sulfide) groups is 1. The van der Waals surface area contributed by atoms with Crippen molar-refractivity contribution in [1.29, 1.82) is 0 Å². The summed E-state index contributed by atoms with van der Waals surface area (Å²) in [6.07, 6.45) is 0. The summed E-state index contributed by atoms with van der Waals surface area (Å²) < 4.78 is 1.72. The Morgan fingerprint density at radius 2 is 1.79 bits per heavy atom. The summed E-state index contributed by atoms with van der Waals surface area (Å²) in [5.74, 6) is 1.16. The first-order chi connectivity index (χ1) is 16.6. The highest BCUT2D eigenvalue weighted by Crippen LogP contribution is 2.37. The highest BCUT2D eigenvalue weighted by atomic mass is 32.2. The van der Waals surface area contributed by atoms with Crippen molar-refractivity contribution in [3.05, 3.63) is 107 Å². The Hall–Kier alpha value is -4.04. The lowest BCUT2D eigenvalue weighted by atomic mass is 9.95. The number of amides is 1. The van der Waals surface area contributed by atoms with E-state index in [2.05, 4.69) is 27.8 Å². The molecule has 1 amide bonds. The van der Waals surface area contributed by atoms with Crippen molar-refractivity contribution in [3.63, 3.8) is 0 Å². The van der Waals surface area contributed by atoms with Gasteiger partial charge in [-0.05, 0) is 42.3 Å². The number of rotatable bonds is 6. The zero-order valence-corrected chi connectivity index (χ0v) is 19.3. The number of benzene rings is 3. The van der Waals surface area contributed by atoms with E-state index in [1.807, 2.05) is 61.5 Å². The van der Waals surface area contributed by atoms with Crippen LogP contribution in [0.3, 0.4) is 0 Å². The SMILES string of the molecule is CC1=C(C(=O)Nc2ccccc2)[C@@H](c2cccc(O)c2)n2nc(SCc3ccccc3)nc2N1. The number of carbonyl (C=O) groups is 1. The highest BCUT2D eigenvalue weighted by molar-refractivity contribution is 7.98. The lowest BCUT2D eigenvalue weighted by Gasteiger charge is -2.28. The van der Waals surface area contributed by atoms with E-state index in [1.54, 1.807) is 22.9 Å². The smallest absolute Gasteiger partial charge is 0.255 e. The second kappa shape index (κ2) is 9.44. The van der Waals surface area contributed by atoms with Crippen LogP contribution in [-0.4, -0.2) is 25.8 Å². The van der Waals surface area contributed by atoms with Gasteiger partial charge in [0.15, 0.2) is 0 Å². The second-order valence-corrected chi connectivity index (χ2v) is 8.86. The summed E-state index contributed by atoms with van der Waals surface area (Å²) in [5.41, 5.74) is 3.80. The molecule has 0 spiro atoms. The van der Waals surface area contributed by atoms with Crippen LogP contribution in [0.4, 0.5) is 11.6 Å². The van der Waals surface area contributed by atoms with Crippen LogP contribution in [0.15, 0.2) is 101 Å². The normalized spacial score (nSPS) is 14.9. The van der Waals surface area contributed by atoms with E-state index in [0.29, 0.717) is 28.1 Å². The molecule has 0 bridgehead atoms. The molecule has 0 unspecified atom stereocenters. The first kappa shape index (κ1) is 21.8. The summed E-state index contributed by atoms with van der Waals surface area (Å²) >= 11 is 1.53. The minimum Gasteiger partial charge on any atom is -0.508 e. The minimum absolute atomic E-state index is 0.122. The van der Waals surface area contributed by atoms with Gasteiger partial charge in [0.2, 0.25) is 11.1 Å². The van der Waals surface area contributed by atoms with Gasteiger partial charge in [-0.25, -0.2) is 4.68 Å². The minimum atomic E-state index is -0.550. The number of fused-ring (bicyclic) bond motifs is 1. The summed E-state index contributed by atoms with van der Waals surface area (Å²) in [4.78, 5) is 18.1. The van der Waals surface area contributed by atoms with Crippen molar-refractivity contribution in [2.24, 2.45) is 0 Å². The maximum atomic E-state index is 13.4. The van der Waals surface area contributed by atoms with Gasteiger partial charge in [-0.1, -0.05) is 72.4 Å². The van der Waals surface area contributed by atoms with E-state index < -0.39 is 6.04 Å². The van der Waals surface area contributed by atoms with E-state index in [9.17, 15) is 9.90 Å². The van der Waals surface area contributed by atoms with Gasteiger partial charge in [0, 0.05) is 17.1 Å². The number of anilines is 2. The number of aromatic nitrogens is 3. The molecule has 1 aromatic heterocycles. The molecule has 0 aliphatic carbocycles. The van der Waals surface area contributed by atoms with E-state index in [-0.39, 0.29) is 11.7 Å². The fraction of sp³-hybridized carbons (Fsp3) is 0.115. The molecular formula is C26H23N5O2S. The Kier molecular flexibility index (Phi) is 6.05. The van der Waals surface area contributed by atoms with E-state index >= 15 is 0 Å². The predicted molar refractivity (Wildman–Crippen MR) is 134 cm³/mol. The largest absolute Gasteiger partial charge is 0.508 e. The van der Waals surface area contributed by atoms with Crippen molar-refractivity contribution in [3.8, 4) is 5.75 Å². The summed E-state index contributed by atoms with van der Waals surface area (Å²) in [7, 11) is 0. The van der Waals surface area contributed by atoms with Gasteiger partial charge in [-0.2, -0.15) is 4.98 Å². The van der Waals surface area contributed by atoms with Crippen LogP contribution in [-0.2, 0) is 10.5 Å². The third-order valence-corrected chi connectivity index (χ3v) is 6.41. The molecule has 1 aliphatic rings. The molecule has 2 heterocycles. The number of allylic oxidation sites excluding steroid dienone is 1. The Balaban J connectivity index is 1.50. The van der Waals surface area contributed by atoms with Gasteiger partial charge in [-0.3, -0.25) is 4.79 Å². The maximum Gasteiger partial charge on any atom is 0.255 e. The zero-order valence-electron chi connectivity index (χ0n) is 18.5. The number of aromatic hydroxyl groups is 1. The summed E-state index contributed by atoms with van der Waals surface area (Å²) in [6.45, 7) is 1.85. The third kappa shape index (κ3) is 4.53. The van der Waals surface area contributed by atoms with E-state index in [1.165, 1.54) is 17.3 Å². The number of nitrogens with one attached hydrogen (secondary N) is 2. The van der Waals surface area contributed by atoms with Crippen LogP contribution in [0, 0.1) is 0 Å². The average Bonchev–Trinajstić information content (AvgIpc) is 3.25. The quantitative estimate of drug-likeness (QED) is 0.336. The van der Waals surface area contributed by atoms with Crippen molar-refractivity contribution in [2.75, 3.05) is 10.6 Å². The molecular weight excluding hydrogens is 446 g/mol. The Bertz CT molecular complexity index is 1350. The number of para-hydroxylation sites is 1. The van der Waals surface area contributed by atoms with Gasteiger partial charge in [-0.15, -0.1) is 5.10 Å². The Labute approximate surface area is 201 Å². The lowest BCUT2D eigenvalue weighted by Crippen LogP contribution is -2.31. The van der Waals surface area contributed by atoms with Gasteiger partial charge >= 0.3 is 0 Å². The van der Waals surface area contributed by atoms with Crippen molar-refractivity contribution in [1.82, 2.24) is 14.8 Å². The Morgan fingerprint density at radius 3 is 2.53 bits per heavy atom. The molecule has 34 heavy (non-hydrogen) atoms. The van der Waals surface area contributed by atoms with Gasteiger partial charge < -0.3 is 15.7 Å². The number of hydrogen-bond acceptors (Lipinski definition) is 6. The lowest BCUT2D eigenvalue weighted by molar-refractivity contribution is -0.113. The molecule has 3 N–H and O–H groups in total. The molecule has 0 radical (unpaired) electrons. The van der Waals surface area contributed by atoms with E-state index in [0.717, 1.165) is 11.3 Å². The third-order valence-electron chi connectivity index (χ3n) is 5.51. The van der Waals surface area contributed by atoms with Crippen LogP contribution in [0.25, 0.3) is 0 Å². The maximum absolute atomic E-state index is 13.4. The second-order valence-electron chi connectivity index (χ2n) is 7.92. The van der Waals surface area contributed by atoms with Crippen LogP contribution >= 0.6 is 11.8 Å². The summed E-state index contributed by atoms with van der Waals surface area (Å²) in [6, 6.07) is 25.8. The number of phenolic OH excluding ortho intramolecular Hbond substituents is 1. The first-order valence-electron chi connectivity index (χ1n) is 10.8. The van der Waals surface area contributed by atoms with Crippen molar-refractivity contribution >= 4 is 29.3 Å². The standard InChI is InChI=1S/C26H23N5O2S/c1-17-22(24(33)28-20-12-6-3-7-13-20)23(19-11-8-14-21(32)15-19)31-25(27-17)29-26(30-31)34-16-18-9-4-2-5-10-18/h2-15,23,32H,16H2,1H3,(H,28,33)(H,27,29,30)/t23-/m1/s1. The predicted octanol–water partition coefficient (Wildman–Crippen LogP) is 5.20. The average molecular weight is 470 g/mol. The summed E-state index contributed by atoms with van der Waals surface area (Å²) in [5, 5.41) is 21.7. The van der Waals surface area contributed by atoms with Gasteiger partial charge in [0.05, 0.1) is 5.57 Å². The molecule has 5 rings (SSSR count). The molecule has 0 saturated carbocycles. The number of phenols is 1. The topological polar surface area (TPSA) is 92.1 Å². The van der Waals surface area contributed by atoms with Gasteiger partial charge in [0.25, 0.3) is 5.91 Å². The molecule has 3 aromatic carbocycles. The van der Waals surface area contributed by atoms with Crippen LogP contribution in [0.1, 0.15) is 24.1 Å². The van der Waals surface area contributed by atoms with Crippen LogP contribution < -0.4 is 10.6 Å². The molecule has 170 valence electrons. The van der Waals surface area contributed by atoms with Crippen LogP contribution in [0.2, 0.25) is 0 Å². The highest BCUT2D eigenvalue weighted by Gasteiger charge is 2.34. The van der Waals surface area contributed by atoms with Gasteiger partial charge in [0.1, 0.15) is 11.8 Å². The fourth-order valence-corrected chi connectivity index (χ4v) is 4.72. The van der Waals surface area contributed by atoms with Crippen LogP contribution in [0.5, 0.6) is 5.75 Å². The zero-order chi connectivity index (χ0) is 23.5. The molecule has 0 fully saturated rings. The molecule has 1 aliphatic heterocycles. The number of hydrogen-bond donors (Lipinski definition) is 3. The number of carbonyl (C=O) groups excluding carboxylic acids is 1. The molecule has 4 aromatic rings. The molecule has 1 atom stereocenters. The molecule has 8 heteroatoms. The fourth-order valence-electron chi connectivity index (χ4n) is 3.93. The van der Waals surface area contributed by atoms with Crippen molar-refractivity contribution < 1.29 is 9.90 Å². The number of nitrogens with zero attached hydrogens (tertiary/aromatic N) is 3. The monoisotopic (exact) mass is 469 g/mol.